The molecule has 0 aliphatic carbocycles. The number of aliphatic carboxylic acids is 3. The fourth-order valence-electron chi connectivity index (χ4n) is 3.56. The molecule has 17 nitrogen and oxygen atoms in total. The van der Waals surface area contributed by atoms with Crippen molar-refractivity contribution in [2.24, 2.45) is 11.7 Å². The molecule has 0 fully saturated rings. The van der Waals surface area contributed by atoms with Gasteiger partial charge >= 0.3 is 25.7 Å². The van der Waals surface area contributed by atoms with E-state index in [0.29, 0.717) is 12.0 Å². The lowest BCUT2D eigenvalue weighted by atomic mass is 9.98. The summed E-state index contributed by atoms with van der Waals surface area (Å²) >= 11 is 0. The van der Waals surface area contributed by atoms with Gasteiger partial charge in [0.15, 0.2) is 0 Å². The highest BCUT2D eigenvalue weighted by Crippen LogP contribution is 2.37. The summed E-state index contributed by atoms with van der Waals surface area (Å²) in [6, 6.07) is -0.733. The Morgan fingerprint density at radius 1 is 0.905 bits per heavy atom. The van der Waals surface area contributed by atoms with Crippen LogP contribution in [0.15, 0.2) is 24.3 Å². The Morgan fingerprint density at radius 2 is 1.50 bits per heavy atom. The monoisotopic (exact) mass is 618 g/mol. The van der Waals surface area contributed by atoms with Crippen LogP contribution in [0.25, 0.3) is 0 Å². The van der Waals surface area contributed by atoms with Crippen LogP contribution >= 0.6 is 7.82 Å². The van der Waals surface area contributed by atoms with Crippen LogP contribution in [0, 0.1) is 5.92 Å². The Hall–Kier alpha value is -4.05. The number of carboxylic acids is 3. The number of hydrogen-bond donors (Lipinski definition) is 9. The summed E-state index contributed by atoms with van der Waals surface area (Å²) in [5.74, 6) is -7.86. The largest absolute Gasteiger partial charge is 0.524 e. The maximum Gasteiger partial charge on any atom is 0.524 e. The fourth-order valence-corrected chi connectivity index (χ4v) is 3.96. The maximum atomic E-state index is 12.7. The number of nitrogens with one attached hydrogen (secondary N) is 3. The molecule has 42 heavy (non-hydrogen) atoms. The Labute approximate surface area is 240 Å². The van der Waals surface area contributed by atoms with Crippen molar-refractivity contribution in [3.63, 3.8) is 0 Å². The molecule has 0 aliphatic heterocycles. The van der Waals surface area contributed by atoms with Crippen LogP contribution in [0.5, 0.6) is 5.75 Å². The van der Waals surface area contributed by atoms with Gasteiger partial charge in [0, 0.05) is 6.42 Å². The van der Waals surface area contributed by atoms with Crippen LogP contribution in [0.1, 0.15) is 45.1 Å². The molecular weight excluding hydrogens is 583 g/mol. The number of phosphoric ester groups is 1. The average Bonchev–Trinajstić information content (AvgIpc) is 2.88. The zero-order chi connectivity index (χ0) is 32.2. The van der Waals surface area contributed by atoms with Crippen LogP contribution in [-0.2, 0) is 39.8 Å². The molecule has 1 aromatic rings. The number of carbonyl (C=O) groups excluding carboxylic acids is 3. The minimum absolute atomic E-state index is 0.126. The summed E-state index contributed by atoms with van der Waals surface area (Å²) in [5, 5.41) is 34.5. The van der Waals surface area contributed by atoms with Gasteiger partial charge in [-0.1, -0.05) is 32.4 Å². The van der Waals surface area contributed by atoms with Crippen molar-refractivity contribution < 1.29 is 63.0 Å². The van der Waals surface area contributed by atoms with Crippen molar-refractivity contribution in [3.05, 3.63) is 29.8 Å². The summed E-state index contributed by atoms with van der Waals surface area (Å²) in [5.41, 5.74) is 6.28. The van der Waals surface area contributed by atoms with Crippen LogP contribution in [0.3, 0.4) is 0 Å². The molecule has 1 rings (SSSR count). The first-order valence-corrected chi connectivity index (χ1v) is 14.1. The number of benzene rings is 1. The Balaban J connectivity index is 2.88. The topological polar surface area (TPSA) is 292 Å². The molecule has 0 aliphatic rings. The van der Waals surface area contributed by atoms with Gasteiger partial charge in [-0.05, 0) is 36.5 Å². The number of carboxylic acid groups (broad SMARTS) is 3. The van der Waals surface area contributed by atoms with Crippen LogP contribution in [0.4, 0.5) is 0 Å². The lowest BCUT2D eigenvalue weighted by Gasteiger charge is -2.24. The number of hydrogen-bond acceptors (Lipinski definition) is 9. The van der Waals surface area contributed by atoms with Crippen molar-refractivity contribution in [2.45, 2.75) is 70.1 Å². The van der Waals surface area contributed by atoms with Crippen molar-refractivity contribution in [1.82, 2.24) is 16.0 Å². The summed E-state index contributed by atoms with van der Waals surface area (Å²) < 4.78 is 15.3. The number of amides is 3. The van der Waals surface area contributed by atoms with E-state index in [9.17, 15) is 43.5 Å². The molecule has 18 heteroatoms. The number of rotatable bonds is 18. The highest BCUT2D eigenvalue weighted by Gasteiger charge is 2.32. The molecule has 234 valence electrons. The third-order valence-corrected chi connectivity index (χ3v) is 6.47. The van der Waals surface area contributed by atoms with Crippen molar-refractivity contribution in [3.8, 4) is 5.75 Å². The third kappa shape index (κ3) is 13.1. The van der Waals surface area contributed by atoms with E-state index in [2.05, 4.69) is 20.5 Å². The van der Waals surface area contributed by atoms with Gasteiger partial charge in [-0.3, -0.25) is 29.0 Å². The van der Waals surface area contributed by atoms with Gasteiger partial charge in [0.05, 0.1) is 12.5 Å². The van der Waals surface area contributed by atoms with E-state index < -0.39 is 92.8 Å². The normalized spacial score (nSPS) is 14.8. The molecule has 0 unspecified atom stereocenters. The molecule has 0 saturated heterocycles. The first-order chi connectivity index (χ1) is 19.4. The molecule has 0 radical (unpaired) electrons. The van der Waals surface area contributed by atoms with E-state index in [-0.39, 0.29) is 12.2 Å². The Kier molecular flexibility index (Phi) is 14.1. The van der Waals surface area contributed by atoms with E-state index >= 15 is 0 Å². The Bertz CT molecular complexity index is 1190. The van der Waals surface area contributed by atoms with E-state index in [4.69, 9.17) is 20.6 Å². The van der Waals surface area contributed by atoms with E-state index in [0.717, 1.165) is 0 Å². The first-order valence-electron chi connectivity index (χ1n) is 12.6. The number of carbonyl (C=O) groups is 6. The molecule has 0 saturated carbocycles. The molecule has 0 heterocycles. The van der Waals surface area contributed by atoms with Gasteiger partial charge < -0.3 is 41.5 Å². The van der Waals surface area contributed by atoms with Gasteiger partial charge in [0.2, 0.25) is 17.7 Å². The first kappa shape index (κ1) is 36.0. The summed E-state index contributed by atoms with van der Waals surface area (Å²) in [6.07, 6.45) is -1.60. The second-order valence-electron chi connectivity index (χ2n) is 9.40. The summed E-state index contributed by atoms with van der Waals surface area (Å²) in [7, 11) is -4.77. The minimum atomic E-state index is -4.77. The standard InChI is InChI=1S/C24H35N4O13P/c1-3-12(2)20(24(36)37)28-22(33)16(8-9-19(30)31)26-18(29)11-17(23(34)35)27-21(32)15(25)10-13-4-6-14(7-5-13)41-42(38,39)40/h4-7,12,15-17,20H,3,8-11,25H2,1-2H3,(H,26,29)(H,27,32)(H,28,33)(H,30,31)(H,34,35)(H,36,37)(H2,38,39,40)/t12-,15-,16-,17-,20-/m0/s1. The van der Waals surface area contributed by atoms with Crippen LogP contribution < -0.4 is 26.2 Å². The third-order valence-electron chi connectivity index (χ3n) is 6.02. The predicted octanol–water partition coefficient (Wildman–Crippen LogP) is -1.05. The molecular formula is C24H35N4O13P. The zero-order valence-corrected chi connectivity index (χ0v) is 23.7. The smallest absolute Gasteiger partial charge is 0.481 e. The Morgan fingerprint density at radius 3 is 1.98 bits per heavy atom. The maximum absolute atomic E-state index is 12.7. The van der Waals surface area contributed by atoms with Gasteiger partial charge in [-0.25, -0.2) is 14.2 Å². The SMILES string of the molecule is CC[C@H](C)[C@H](NC(=O)[C@H](CCC(=O)O)NC(=O)C[C@H](NC(=O)[C@@H](N)Cc1ccc(OP(=O)(O)O)cc1)C(=O)O)C(=O)O. The molecule has 0 aromatic heterocycles. The molecule has 3 amide bonds. The molecule has 0 bridgehead atoms. The van der Waals surface area contributed by atoms with E-state index in [1.807, 2.05) is 0 Å². The van der Waals surface area contributed by atoms with Gasteiger partial charge in [-0.15, -0.1) is 0 Å². The average molecular weight is 619 g/mol. The predicted molar refractivity (Wildman–Crippen MR) is 143 cm³/mol. The van der Waals surface area contributed by atoms with Crippen molar-refractivity contribution in [2.75, 3.05) is 0 Å². The lowest BCUT2D eigenvalue weighted by Crippen LogP contribution is -2.55. The summed E-state index contributed by atoms with van der Waals surface area (Å²) in [6.45, 7) is 3.27. The highest BCUT2D eigenvalue weighted by molar-refractivity contribution is 7.46. The van der Waals surface area contributed by atoms with Gasteiger partial charge in [-0.2, -0.15) is 0 Å². The molecule has 1 aromatic carbocycles. The van der Waals surface area contributed by atoms with E-state index in [1.54, 1.807) is 13.8 Å². The van der Waals surface area contributed by atoms with Crippen molar-refractivity contribution >= 4 is 43.5 Å². The zero-order valence-electron chi connectivity index (χ0n) is 22.8. The van der Waals surface area contributed by atoms with Crippen LogP contribution in [-0.4, -0.2) is 84.9 Å². The molecule has 0 spiro atoms. The van der Waals surface area contributed by atoms with E-state index in [1.165, 1.54) is 24.3 Å². The highest BCUT2D eigenvalue weighted by atomic mass is 31.2. The second kappa shape index (κ2) is 16.4. The number of phosphoric acid groups is 1. The second-order valence-corrected chi connectivity index (χ2v) is 10.6. The van der Waals surface area contributed by atoms with Gasteiger partial charge in [0.1, 0.15) is 23.9 Å². The minimum Gasteiger partial charge on any atom is -0.481 e. The van der Waals surface area contributed by atoms with Gasteiger partial charge in [0.25, 0.3) is 0 Å². The van der Waals surface area contributed by atoms with Crippen LogP contribution in [0.2, 0.25) is 0 Å². The van der Waals surface area contributed by atoms with Crippen molar-refractivity contribution in [1.29, 1.82) is 0 Å². The summed E-state index contributed by atoms with van der Waals surface area (Å²) in [4.78, 5) is 89.9. The lowest BCUT2D eigenvalue weighted by molar-refractivity contribution is -0.145. The molecule has 5 atom stereocenters. The molecule has 10 N–H and O–H groups in total. The quantitative estimate of drug-likeness (QED) is 0.0888. The number of nitrogens with two attached hydrogens (primary N) is 1. The fraction of sp³-hybridized carbons (Fsp3) is 0.500.